The van der Waals surface area contributed by atoms with Gasteiger partial charge in [0.15, 0.2) is 11.6 Å². The number of nitrogens with two attached hydrogens (primary N) is 2. The first-order valence-corrected chi connectivity index (χ1v) is 10.2. The summed E-state index contributed by atoms with van der Waals surface area (Å²) in [5.74, 6) is -2.49. The summed E-state index contributed by atoms with van der Waals surface area (Å²) < 4.78 is 26.7. The lowest BCUT2D eigenvalue weighted by atomic mass is 9.87. The molecule has 1 spiro atoms. The van der Waals surface area contributed by atoms with Crippen molar-refractivity contribution in [3.05, 3.63) is 58.6 Å². The Labute approximate surface area is 182 Å². The maximum absolute atomic E-state index is 13.5. The second kappa shape index (κ2) is 8.14. The van der Waals surface area contributed by atoms with Crippen molar-refractivity contribution in [2.45, 2.75) is 37.8 Å². The fourth-order valence-electron chi connectivity index (χ4n) is 4.08. The molecule has 2 aromatic carbocycles. The van der Waals surface area contributed by atoms with E-state index in [1.165, 1.54) is 0 Å². The second-order valence-corrected chi connectivity index (χ2v) is 7.97. The zero-order valence-corrected chi connectivity index (χ0v) is 17.3. The van der Waals surface area contributed by atoms with Gasteiger partial charge in [-0.1, -0.05) is 18.0 Å². The van der Waals surface area contributed by atoms with Gasteiger partial charge in [0.25, 0.3) is 5.91 Å². The molecule has 0 aromatic heterocycles. The van der Waals surface area contributed by atoms with Gasteiger partial charge in [0.1, 0.15) is 5.66 Å². The lowest BCUT2D eigenvalue weighted by Gasteiger charge is -2.45. The van der Waals surface area contributed by atoms with E-state index >= 15 is 0 Å². The van der Waals surface area contributed by atoms with Crippen LogP contribution in [0.2, 0.25) is 5.02 Å². The molecule has 31 heavy (non-hydrogen) atoms. The fourth-order valence-corrected chi connectivity index (χ4v) is 4.32. The summed E-state index contributed by atoms with van der Waals surface area (Å²) in [6.07, 6.45) is 4.74. The average molecular weight is 447 g/mol. The molecule has 1 aliphatic heterocycles. The second-order valence-electron chi connectivity index (χ2n) is 7.57. The molecule has 2 aromatic rings. The Bertz CT molecular complexity index is 1080. The molecule has 1 aliphatic carbocycles. The first kappa shape index (κ1) is 21.0. The van der Waals surface area contributed by atoms with Gasteiger partial charge >= 0.3 is 0 Å². The van der Waals surface area contributed by atoms with Gasteiger partial charge in [-0.2, -0.15) is 4.99 Å². The van der Waals surface area contributed by atoms with Crippen molar-refractivity contribution in [2.24, 2.45) is 21.5 Å². The number of hydrogen-bond acceptors (Lipinski definition) is 6. The van der Waals surface area contributed by atoms with E-state index in [0.717, 1.165) is 49.9 Å². The molecule has 10 heteroatoms. The van der Waals surface area contributed by atoms with Crippen LogP contribution < -0.4 is 21.7 Å². The first-order valence-electron chi connectivity index (χ1n) is 9.85. The largest absolute Gasteiger partial charge is 0.369 e. The molecule has 4 rings (SSSR count). The van der Waals surface area contributed by atoms with Gasteiger partial charge in [0.05, 0.1) is 10.6 Å². The molecule has 0 saturated heterocycles. The number of carbonyl (C=O) groups excluding carboxylic acids is 1. The molecule has 1 amide bonds. The third kappa shape index (κ3) is 4.05. The van der Waals surface area contributed by atoms with Crippen LogP contribution >= 0.6 is 11.6 Å². The van der Waals surface area contributed by atoms with E-state index in [1.54, 1.807) is 24.3 Å². The molecule has 162 valence electrons. The first-order chi connectivity index (χ1) is 14.8. The number of nitrogens with one attached hydrogen (secondary N) is 1. The summed E-state index contributed by atoms with van der Waals surface area (Å²) in [5.41, 5.74) is 12.6. The predicted molar refractivity (Wildman–Crippen MR) is 117 cm³/mol. The number of benzene rings is 2. The Morgan fingerprint density at radius 1 is 1.06 bits per heavy atom. The number of anilines is 2. The van der Waals surface area contributed by atoms with Crippen LogP contribution in [0.5, 0.6) is 0 Å². The van der Waals surface area contributed by atoms with E-state index in [1.807, 2.05) is 4.90 Å². The number of guanidine groups is 2. The summed E-state index contributed by atoms with van der Waals surface area (Å²) in [7, 11) is 0. The highest BCUT2D eigenvalue weighted by molar-refractivity contribution is 6.34. The summed E-state index contributed by atoms with van der Waals surface area (Å²) in [6.45, 7) is 0. The van der Waals surface area contributed by atoms with Crippen LogP contribution in [0.3, 0.4) is 0 Å². The van der Waals surface area contributed by atoms with Crippen LogP contribution in [0.25, 0.3) is 0 Å². The van der Waals surface area contributed by atoms with Crippen LogP contribution in [0, 0.1) is 11.6 Å². The van der Waals surface area contributed by atoms with E-state index in [9.17, 15) is 13.6 Å². The zero-order chi connectivity index (χ0) is 22.2. The van der Waals surface area contributed by atoms with Gasteiger partial charge in [0, 0.05) is 11.4 Å². The molecule has 0 unspecified atom stereocenters. The molecule has 0 atom stereocenters. The van der Waals surface area contributed by atoms with E-state index in [2.05, 4.69) is 15.3 Å². The number of amides is 1. The maximum Gasteiger partial charge on any atom is 0.257 e. The average Bonchev–Trinajstić information content (AvgIpc) is 2.72. The third-order valence-electron chi connectivity index (χ3n) is 5.49. The molecule has 5 N–H and O–H groups in total. The SMILES string of the molecule is NC1=NC2(CCCCC2)N(c2ccc(NC(=O)c3cc(F)c(F)cc3Cl)cc2)C(N)=N1. The quantitative estimate of drug-likeness (QED) is 0.619. The summed E-state index contributed by atoms with van der Waals surface area (Å²) in [6, 6.07) is 8.43. The minimum atomic E-state index is -1.15. The predicted octanol–water partition coefficient (Wildman–Crippen LogP) is 3.98. The molecule has 1 fully saturated rings. The van der Waals surface area contributed by atoms with Crippen LogP contribution in [-0.4, -0.2) is 23.5 Å². The Kier molecular flexibility index (Phi) is 5.53. The van der Waals surface area contributed by atoms with E-state index in [0.29, 0.717) is 5.69 Å². The Morgan fingerprint density at radius 2 is 1.71 bits per heavy atom. The monoisotopic (exact) mass is 446 g/mol. The van der Waals surface area contributed by atoms with E-state index in [4.69, 9.17) is 23.1 Å². The molecule has 1 saturated carbocycles. The minimum Gasteiger partial charge on any atom is -0.369 e. The van der Waals surface area contributed by atoms with Crippen molar-refractivity contribution in [2.75, 3.05) is 10.2 Å². The maximum atomic E-state index is 13.5. The summed E-state index contributed by atoms with van der Waals surface area (Å²) in [5, 5.41) is 2.44. The molecule has 2 aliphatic rings. The van der Waals surface area contributed by atoms with Crippen LogP contribution in [0.4, 0.5) is 20.2 Å². The van der Waals surface area contributed by atoms with Crippen molar-refractivity contribution in [1.29, 1.82) is 0 Å². The zero-order valence-electron chi connectivity index (χ0n) is 16.5. The Morgan fingerprint density at radius 3 is 2.39 bits per heavy atom. The molecular formula is C21H21ClF2N6O. The molecule has 1 heterocycles. The van der Waals surface area contributed by atoms with Gasteiger partial charge in [0.2, 0.25) is 11.9 Å². The topological polar surface area (TPSA) is 109 Å². The number of carbonyl (C=O) groups is 1. The highest BCUT2D eigenvalue weighted by Crippen LogP contribution is 2.39. The van der Waals surface area contributed by atoms with Crippen molar-refractivity contribution >= 4 is 40.8 Å². The van der Waals surface area contributed by atoms with Gasteiger partial charge in [-0.05, 0) is 62.1 Å². The number of rotatable bonds is 3. The molecular weight excluding hydrogens is 426 g/mol. The Balaban J connectivity index is 1.57. The van der Waals surface area contributed by atoms with Gasteiger partial charge in [-0.25, -0.2) is 13.8 Å². The van der Waals surface area contributed by atoms with Crippen molar-refractivity contribution < 1.29 is 13.6 Å². The van der Waals surface area contributed by atoms with Crippen molar-refractivity contribution in [3.8, 4) is 0 Å². The van der Waals surface area contributed by atoms with Crippen molar-refractivity contribution in [3.63, 3.8) is 0 Å². The fraction of sp³-hybridized carbons (Fsp3) is 0.286. The normalized spacial score (nSPS) is 17.8. The van der Waals surface area contributed by atoms with Crippen LogP contribution in [0.15, 0.2) is 46.4 Å². The van der Waals surface area contributed by atoms with E-state index in [-0.39, 0.29) is 22.5 Å². The van der Waals surface area contributed by atoms with E-state index < -0.39 is 23.2 Å². The third-order valence-corrected chi connectivity index (χ3v) is 5.80. The molecule has 0 radical (unpaired) electrons. The summed E-state index contributed by atoms with van der Waals surface area (Å²) in [4.78, 5) is 23.1. The Hall–Kier alpha value is -3.20. The molecule has 7 nitrogen and oxygen atoms in total. The van der Waals surface area contributed by atoms with Gasteiger partial charge in [-0.15, -0.1) is 0 Å². The van der Waals surface area contributed by atoms with Gasteiger partial charge < -0.3 is 16.8 Å². The summed E-state index contributed by atoms with van der Waals surface area (Å²) >= 11 is 5.88. The van der Waals surface area contributed by atoms with Crippen LogP contribution in [-0.2, 0) is 0 Å². The smallest absolute Gasteiger partial charge is 0.257 e. The number of hydrogen-bond donors (Lipinski definition) is 3. The standard InChI is InChI=1S/C21H21ClF2N6O/c22-15-11-17(24)16(23)10-14(15)18(31)27-12-4-6-13(7-5-12)30-20(26)28-19(25)29-21(30)8-2-1-3-9-21/h4-7,10-11H,1-3,8-9H2,(H,27,31)(H4,25,26,28,29). The van der Waals surface area contributed by atoms with Crippen LogP contribution in [0.1, 0.15) is 42.5 Å². The number of nitrogens with zero attached hydrogens (tertiary/aromatic N) is 3. The number of aliphatic imine (C=N–C) groups is 2. The van der Waals surface area contributed by atoms with Crippen molar-refractivity contribution in [1.82, 2.24) is 0 Å². The molecule has 0 bridgehead atoms. The minimum absolute atomic E-state index is 0.164. The lowest BCUT2D eigenvalue weighted by molar-refractivity contribution is 0.102. The highest BCUT2D eigenvalue weighted by atomic mass is 35.5. The van der Waals surface area contributed by atoms with Gasteiger partial charge in [-0.3, -0.25) is 9.69 Å². The lowest BCUT2D eigenvalue weighted by Crippen LogP contribution is -2.58. The number of halogens is 3. The highest BCUT2D eigenvalue weighted by Gasteiger charge is 2.42.